The maximum Gasteiger partial charge on any atom is 0.250 e. The number of thiophene rings is 1. The SMILES string of the molecule is O=C(C1CC(c2cccc(Cl)c2)NN1)N1CCC(NS(=O)(=O)c2cccs2)CC1. The second kappa shape index (κ2) is 8.71. The van der Waals surface area contributed by atoms with Crippen molar-refractivity contribution in [2.45, 2.75) is 41.6 Å². The number of likely N-dealkylation sites (tertiary alicyclic amines) is 1. The van der Waals surface area contributed by atoms with E-state index in [2.05, 4.69) is 15.6 Å². The van der Waals surface area contributed by atoms with Gasteiger partial charge in [0.05, 0.1) is 0 Å². The Kier molecular flexibility index (Phi) is 6.24. The van der Waals surface area contributed by atoms with Gasteiger partial charge in [-0.2, -0.15) is 0 Å². The van der Waals surface area contributed by atoms with Crippen LogP contribution in [-0.2, 0) is 14.8 Å². The van der Waals surface area contributed by atoms with Crippen LogP contribution < -0.4 is 15.6 Å². The molecule has 156 valence electrons. The lowest BCUT2D eigenvalue weighted by Gasteiger charge is -2.33. The lowest BCUT2D eigenvalue weighted by Crippen LogP contribution is -2.51. The first-order valence-electron chi connectivity index (χ1n) is 9.53. The summed E-state index contributed by atoms with van der Waals surface area (Å²) in [6.07, 6.45) is 1.85. The topological polar surface area (TPSA) is 90.5 Å². The van der Waals surface area contributed by atoms with E-state index in [0.717, 1.165) is 5.56 Å². The molecule has 2 unspecified atom stereocenters. The summed E-state index contributed by atoms with van der Waals surface area (Å²) in [5, 5.41) is 2.42. The molecule has 4 rings (SSSR count). The predicted octanol–water partition coefficient (Wildman–Crippen LogP) is 2.28. The Labute approximate surface area is 179 Å². The van der Waals surface area contributed by atoms with Crippen LogP contribution in [0, 0.1) is 0 Å². The molecule has 3 heterocycles. The minimum Gasteiger partial charge on any atom is -0.341 e. The number of hydrogen-bond acceptors (Lipinski definition) is 6. The van der Waals surface area contributed by atoms with Crippen LogP contribution in [0.3, 0.4) is 0 Å². The van der Waals surface area contributed by atoms with E-state index in [1.807, 2.05) is 29.2 Å². The Bertz CT molecular complexity index is 960. The van der Waals surface area contributed by atoms with Gasteiger partial charge < -0.3 is 4.90 Å². The van der Waals surface area contributed by atoms with E-state index in [-0.39, 0.29) is 24.0 Å². The van der Waals surface area contributed by atoms with Gasteiger partial charge in [0, 0.05) is 30.2 Å². The Balaban J connectivity index is 1.29. The van der Waals surface area contributed by atoms with E-state index in [4.69, 9.17) is 11.6 Å². The molecular weight excluding hydrogens is 432 g/mol. The van der Waals surface area contributed by atoms with Crippen molar-refractivity contribution in [2.75, 3.05) is 13.1 Å². The molecule has 1 aromatic carbocycles. The van der Waals surface area contributed by atoms with Crippen molar-refractivity contribution in [2.24, 2.45) is 0 Å². The van der Waals surface area contributed by atoms with Gasteiger partial charge in [-0.1, -0.05) is 29.8 Å². The first-order chi connectivity index (χ1) is 13.9. The minimum atomic E-state index is -3.48. The molecule has 7 nitrogen and oxygen atoms in total. The van der Waals surface area contributed by atoms with Gasteiger partial charge in [0.2, 0.25) is 15.9 Å². The molecule has 1 amide bonds. The van der Waals surface area contributed by atoms with E-state index in [1.165, 1.54) is 11.3 Å². The molecule has 0 bridgehead atoms. The maximum absolute atomic E-state index is 12.9. The fourth-order valence-corrected chi connectivity index (χ4v) is 6.31. The van der Waals surface area contributed by atoms with E-state index < -0.39 is 10.0 Å². The lowest BCUT2D eigenvalue weighted by molar-refractivity contribution is -0.134. The molecule has 1 aromatic heterocycles. The number of nitrogens with zero attached hydrogens (tertiary/aromatic N) is 1. The van der Waals surface area contributed by atoms with Crippen molar-refractivity contribution in [3.8, 4) is 0 Å². The third-order valence-electron chi connectivity index (χ3n) is 5.34. The average molecular weight is 455 g/mol. The molecule has 2 aliphatic rings. The normalized spacial score (nSPS) is 23.4. The summed E-state index contributed by atoms with van der Waals surface area (Å²) >= 11 is 7.27. The first-order valence-corrected chi connectivity index (χ1v) is 12.3. The molecule has 2 aromatic rings. The monoisotopic (exact) mass is 454 g/mol. The summed E-state index contributed by atoms with van der Waals surface area (Å²) in [6.45, 7) is 1.08. The van der Waals surface area contributed by atoms with Crippen LogP contribution in [0.2, 0.25) is 5.02 Å². The highest BCUT2D eigenvalue weighted by Gasteiger charge is 2.35. The number of piperidine rings is 1. The summed E-state index contributed by atoms with van der Waals surface area (Å²) in [7, 11) is -3.48. The molecule has 10 heteroatoms. The number of carbonyl (C=O) groups excluding carboxylic acids is 1. The predicted molar refractivity (Wildman–Crippen MR) is 113 cm³/mol. The molecular formula is C19H23ClN4O3S2. The number of nitrogens with one attached hydrogen (secondary N) is 3. The number of benzene rings is 1. The van der Waals surface area contributed by atoms with E-state index >= 15 is 0 Å². The number of amides is 1. The van der Waals surface area contributed by atoms with Crippen LogP contribution in [0.4, 0.5) is 0 Å². The van der Waals surface area contributed by atoms with Gasteiger partial charge in [0.15, 0.2) is 0 Å². The Morgan fingerprint density at radius 1 is 1.17 bits per heavy atom. The number of halogens is 1. The zero-order valence-corrected chi connectivity index (χ0v) is 18.1. The van der Waals surface area contributed by atoms with Crippen molar-refractivity contribution in [3.63, 3.8) is 0 Å². The van der Waals surface area contributed by atoms with E-state index in [9.17, 15) is 13.2 Å². The highest BCUT2D eigenvalue weighted by molar-refractivity contribution is 7.91. The van der Waals surface area contributed by atoms with Crippen molar-refractivity contribution in [1.82, 2.24) is 20.5 Å². The van der Waals surface area contributed by atoms with Gasteiger partial charge in [-0.15, -0.1) is 11.3 Å². The van der Waals surface area contributed by atoms with Gasteiger partial charge in [-0.05, 0) is 48.4 Å². The largest absolute Gasteiger partial charge is 0.341 e. The highest BCUT2D eigenvalue weighted by Crippen LogP contribution is 2.26. The summed E-state index contributed by atoms with van der Waals surface area (Å²) < 4.78 is 27.8. The summed E-state index contributed by atoms with van der Waals surface area (Å²) in [5.41, 5.74) is 7.32. The van der Waals surface area contributed by atoms with Crippen LogP contribution in [0.1, 0.15) is 30.9 Å². The molecule has 2 atom stereocenters. The smallest absolute Gasteiger partial charge is 0.250 e. The molecule has 3 N–H and O–H groups in total. The summed E-state index contributed by atoms with van der Waals surface area (Å²) in [5.74, 6) is 0.0431. The molecule has 0 saturated carbocycles. The Morgan fingerprint density at radius 3 is 2.66 bits per heavy atom. The van der Waals surface area contributed by atoms with Gasteiger partial charge in [0.25, 0.3) is 0 Å². The third kappa shape index (κ3) is 4.82. The Morgan fingerprint density at radius 2 is 1.97 bits per heavy atom. The Hall–Kier alpha value is -1.49. The number of rotatable bonds is 5. The van der Waals surface area contributed by atoms with Crippen molar-refractivity contribution < 1.29 is 13.2 Å². The zero-order chi connectivity index (χ0) is 20.4. The quantitative estimate of drug-likeness (QED) is 0.644. The average Bonchev–Trinajstić information content (AvgIpc) is 3.40. The van der Waals surface area contributed by atoms with Gasteiger partial charge in [0.1, 0.15) is 10.3 Å². The standard InChI is InChI=1S/C19H23ClN4O3S2/c20-14-4-1-3-13(11-14)16-12-17(22-21-16)19(25)24-8-6-15(7-9-24)23-29(26,27)18-5-2-10-28-18/h1-5,10-11,15-17,21-23H,6-9,12H2. The first kappa shape index (κ1) is 20.8. The van der Waals surface area contributed by atoms with Gasteiger partial charge >= 0.3 is 0 Å². The summed E-state index contributed by atoms with van der Waals surface area (Å²) in [4.78, 5) is 14.7. The molecule has 2 saturated heterocycles. The van der Waals surface area contributed by atoms with Crippen LogP contribution in [-0.4, -0.2) is 44.4 Å². The van der Waals surface area contributed by atoms with Crippen LogP contribution in [0.15, 0.2) is 46.0 Å². The highest BCUT2D eigenvalue weighted by atomic mass is 35.5. The molecule has 0 spiro atoms. The molecule has 0 radical (unpaired) electrons. The fraction of sp³-hybridized carbons (Fsp3) is 0.421. The number of carbonyl (C=O) groups is 1. The van der Waals surface area contributed by atoms with E-state index in [1.54, 1.807) is 17.5 Å². The van der Waals surface area contributed by atoms with Crippen molar-refractivity contribution in [3.05, 3.63) is 52.4 Å². The second-order valence-electron chi connectivity index (χ2n) is 7.34. The second-order valence-corrected chi connectivity index (χ2v) is 10.7. The number of hydrogen-bond donors (Lipinski definition) is 3. The van der Waals surface area contributed by atoms with Crippen LogP contribution >= 0.6 is 22.9 Å². The molecule has 2 aliphatic heterocycles. The number of hydrazine groups is 1. The summed E-state index contributed by atoms with van der Waals surface area (Å²) in [6, 6.07) is 10.5. The molecule has 2 fully saturated rings. The van der Waals surface area contributed by atoms with Crippen LogP contribution in [0.25, 0.3) is 0 Å². The molecule has 29 heavy (non-hydrogen) atoms. The van der Waals surface area contributed by atoms with E-state index in [0.29, 0.717) is 41.6 Å². The van der Waals surface area contributed by atoms with Crippen LogP contribution in [0.5, 0.6) is 0 Å². The third-order valence-corrected chi connectivity index (χ3v) is 8.49. The zero-order valence-electron chi connectivity index (χ0n) is 15.7. The fourth-order valence-electron chi connectivity index (χ4n) is 3.79. The minimum absolute atomic E-state index is 0.0257. The molecule has 0 aliphatic carbocycles. The van der Waals surface area contributed by atoms with Gasteiger partial charge in [-0.25, -0.2) is 24.0 Å². The number of sulfonamides is 1. The van der Waals surface area contributed by atoms with Gasteiger partial charge in [-0.3, -0.25) is 4.79 Å². The van der Waals surface area contributed by atoms with Crippen molar-refractivity contribution >= 4 is 38.9 Å². The van der Waals surface area contributed by atoms with Crippen molar-refractivity contribution in [1.29, 1.82) is 0 Å². The lowest BCUT2D eigenvalue weighted by atomic mass is 10.00. The maximum atomic E-state index is 12.9.